The van der Waals surface area contributed by atoms with E-state index in [4.69, 9.17) is 4.74 Å². The van der Waals surface area contributed by atoms with E-state index in [0.717, 1.165) is 25.7 Å². The number of carbonyl (C=O) groups excluding carboxylic acids is 2. The van der Waals surface area contributed by atoms with E-state index in [1.807, 2.05) is 13.8 Å². The van der Waals surface area contributed by atoms with Crippen LogP contribution < -0.4 is 10.6 Å². The van der Waals surface area contributed by atoms with Crippen molar-refractivity contribution < 1.29 is 22.7 Å². The van der Waals surface area contributed by atoms with Crippen LogP contribution in [0.3, 0.4) is 0 Å². The van der Waals surface area contributed by atoms with Crippen LogP contribution in [-0.4, -0.2) is 65.7 Å². The SMILES string of the molecule is CC1CN(S(=O)(=O)c2ccc(C(=O)Nc3cnn(CC(=O)NC4CCCC4)c3)cc2)CC(C)O1. The smallest absolute Gasteiger partial charge is 0.255 e. The topological polar surface area (TPSA) is 123 Å². The highest BCUT2D eigenvalue weighted by Gasteiger charge is 2.32. The van der Waals surface area contributed by atoms with Gasteiger partial charge in [0.25, 0.3) is 5.91 Å². The summed E-state index contributed by atoms with van der Waals surface area (Å²) in [5.41, 5.74) is 0.765. The van der Waals surface area contributed by atoms with Gasteiger partial charge in [-0.2, -0.15) is 9.40 Å². The molecule has 2 unspecified atom stereocenters. The third-order valence-electron chi connectivity index (χ3n) is 6.06. The molecule has 2 N–H and O–H groups in total. The van der Waals surface area contributed by atoms with Gasteiger partial charge in [0.1, 0.15) is 6.54 Å². The van der Waals surface area contributed by atoms with Gasteiger partial charge in [0.15, 0.2) is 0 Å². The molecule has 1 aromatic heterocycles. The Hall–Kier alpha value is -2.76. The summed E-state index contributed by atoms with van der Waals surface area (Å²) in [6, 6.07) is 6.07. The minimum absolute atomic E-state index is 0.0811. The molecule has 184 valence electrons. The molecule has 0 bridgehead atoms. The summed E-state index contributed by atoms with van der Waals surface area (Å²) in [6.45, 7) is 4.35. The van der Waals surface area contributed by atoms with Crippen molar-refractivity contribution in [2.75, 3.05) is 18.4 Å². The second kappa shape index (κ2) is 10.2. The van der Waals surface area contributed by atoms with Gasteiger partial charge in [-0.05, 0) is 51.0 Å². The average molecular weight is 490 g/mol. The van der Waals surface area contributed by atoms with Crippen LogP contribution in [0.1, 0.15) is 49.9 Å². The molecule has 2 fully saturated rings. The lowest BCUT2D eigenvalue weighted by molar-refractivity contribution is -0.122. The van der Waals surface area contributed by atoms with Gasteiger partial charge in [-0.3, -0.25) is 14.3 Å². The summed E-state index contributed by atoms with van der Waals surface area (Å²) in [7, 11) is -3.68. The van der Waals surface area contributed by atoms with Crippen LogP contribution >= 0.6 is 0 Å². The molecule has 4 rings (SSSR count). The summed E-state index contributed by atoms with van der Waals surface area (Å²) < 4.78 is 34.5. The molecule has 11 heteroatoms. The zero-order valence-electron chi connectivity index (χ0n) is 19.4. The van der Waals surface area contributed by atoms with Crippen molar-refractivity contribution in [3.05, 3.63) is 42.2 Å². The number of sulfonamides is 1. The molecule has 2 aromatic rings. The van der Waals surface area contributed by atoms with E-state index < -0.39 is 15.9 Å². The number of hydrogen-bond donors (Lipinski definition) is 2. The fourth-order valence-electron chi connectivity index (χ4n) is 4.46. The van der Waals surface area contributed by atoms with E-state index in [1.54, 1.807) is 6.20 Å². The number of morpholine rings is 1. The van der Waals surface area contributed by atoms with Crippen LogP contribution in [0.15, 0.2) is 41.6 Å². The molecule has 0 spiro atoms. The zero-order valence-corrected chi connectivity index (χ0v) is 20.3. The van der Waals surface area contributed by atoms with E-state index in [-0.39, 0.29) is 48.7 Å². The molecule has 0 radical (unpaired) electrons. The van der Waals surface area contributed by atoms with Crippen molar-refractivity contribution in [3.63, 3.8) is 0 Å². The first kappa shape index (κ1) is 24.4. The van der Waals surface area contributed by atoms with E-state index >= 15 is 0 Å². The Kier molecular flexibility index (Phi) is 7.34. The molecule has 1 aliphatic heterocycles. The molecular weight excluding hydrogens is 458 g/mol. The Morgan fingerprint density at radius 3 is 2.38 bits per heavy atom. The van der Waals surface area contributed by atoms with Crippen LogP contribution in [0.2, 0.25) is 0 Å². The number of carbonyl (C=O) groups is 2. The summed E-state index contributed by atoms with van der Waals surface area (Å²) in [4.78, 5) is 24.9. The number of rotatable bonds is 7. The highest BCUT2D eigenvalue weighted by molar-refractivity contribution is 7.89. The first-order valence-corrected chi connectivity index (χ1v) is 13.0. The maximum absolute atomic E-state index is 13.0. The van der Waals surface area contributed by atoms with Crippen LogP contribution in [0.5, 0.6) is 0 Å². The van der Waals surface area contributed by atoms with E-state index in [2.05, 4.69) is 15.7 Å². The first-order valence-electron chi connectivity index (χ1n) is 11.6. The second-order valence-electron chi connectivity index (χ2n) is 9.03. The van der Waals surface area contributed by atoms with E-state index in [9.17, 15) is 18.0 Å². The second-order valence-corrected chi connectivity index (χ2v) is 11.0. The molecule has 10 nitrogen and oxygen atoms in total. The van der Waals surface area contributed by atoms with Gasteiger partial charge < -0.3 is 15.4 Å². The Balaban J connectivity index is 1.34. The van der Waals surface area contributed by atoms with Gasteiger partial charge in [-0.1, -0.05) is 12.8 Å². The predicted molar refractivity (Wildman–Crippen MR) is 126 cm³/mol. The molecule has 1 saturated carbocycles. The third kappa shape index (κ3) is 5.83. The zero-order chi connectivity index (χ0) is 24.3. The fourth-order valence-corrected chi connectivity index (χ4v) is 6.05. The lowest BCUT2D eigenvalue weighted by Gasteiger charge is -2.34. The summed E-state index contributed by atoms with van der Waals surface area (Å²) in [5.74, 6) is -0.499. The highest BCUT2D eigenvalue weighted by atomic mass is 32.2. The minimum Gasteiger partial charge on any atom is -0.373 e. The lowest BCUT2D eigenvalue weighted by Crippen LogP contribution is -2.48. The van der Waals surface area contributed by atoms with E-state index in [1.165, 1.54) is 39.4 Å². The molecular formula is C23H31N5O5S. The van der Waals surface area contributed by atoms with Gasteiger partial charge in [0.2, 0.25) is 15.9 Å². The third-order valence-corrected chi connectivity index (χ3v) is 7.90. The normalized spacial score (nSPS) is 21.9. The quantitative estimate of drug-likeness (QED) is 0.613. The molecule has 2 atom stereocenters. The first-order chi connectivity index (χ1) is 16.2. The molecule has 2 aliphatic rings. The molecule has 2 heterocycles. The van der Waals surface area contributed by atoms with Gasteiger partial charge in [0, 0.05) is 30.9 Å². The summed E-state index contributed by atoms with van der Waals surface area (Å²) in [6.07, 6.45) is 7.00. The number of aromatic nitrogens is 2. The van der Waals surface area contributed by atoms with E-state index in [0.29, 0.717) is 11.3 Å². The Bertz CT molecular complexity index is 1110. The number of amides is 2. The van der Waals surface area contributed by atoms with Crippen LogP contribution in [0, 0.1) is 0 Å². The predicted octanol–water partition coefficient (Wildman–Crippen LogP) is 1.99. The van der Waals surface area contributed by atoms with Crippen molar-refractivity contribution in [3.8, 4) is 0 Å². The van der Waals surface area contributed by atoms with Crippen LogP contribution in [0.25, 0.3) is 0 Å². The van der Waals surface area contributed by atoms with Crippen molar-refractivity contribution in [1.29, 1.82) is 0 Å². The average Bonchev–Trinajstić information content (AvgIpc) is 3.45. The molecule has 2 amide bonds. The Morgan fingerprint density at radius 1 is 1.09 bits per heavy atom. The van der Waals surface area contributed by atoms with Crippen molar-refractivity contribution >= 4 is 27.5 Å². The molecule has 1 saturated heterocycles. The lowest BCUT2D eigenvalue weighted by atomic mass is 10.2. The fraction of sp³-hybridized carbons (Fsp3) is 0.522. The summed E-state index contributed by atoms with van der Waals surface area (Å²) in [5, 5.41) is 9.86. The maximum Gasteiger partial charge on any atom is 0.255 e. The number of benzene rings is 1. The number of anilines is 1. The Labute approximate surface area is 199 Å². The van der Waals surface area contributed by atoms with Crippen LogP contribution in [-0.2, 0) is 26.1 Å². The van der Waals surface area contributed by atoms with Gasteiger partial charge in [0.05, 0.1) is 29.0 Å². The largest absolute Gasteiger partial charge is 0.373 e. The number of nitrogens with one attached hydrogen (secondary N) is 2. The molecule has 34 heavy (non-hydrogen) atoms. The van der Waals surface area contributed by atoms with Crippen molar-refractivity contribution in [2.24, 2.45) is 0 Å². The Morgan fingerprint density at radius 2 is 1.74 bits per heavy atom. The number of ether oxygens (including phenoxy) is 1. The monoisotopic (exact) mass is 489 g/mol. The molecule has 1 aliphatic carbocycles. The van der Waals surface area contributed by atoms with Gasteiger partial charge in [-0.15, -0.1) is 0 Å². The minimum atomic E-state index is -3.68. The standard InChI is InChI=1S/C23H31N5O5S/c1-16-12-28(13-17(2)33-16)34(31,32)21-9-7-18(8-10-21)23(30)26-20-11-24-27(14-20)15-22(29)25-19-5-3-4-6-19/h7-11,14,16-17,19H,3-6,12-13,15H2,1-2H3,(H,25,29)(H,26,30). The molecule has 1 aromatic carbocycles. The number of nitrogens with zero attached hydrogens (tertiary/aromatic N) is 3. The van der Waals surface area contributed by atoms with Gasteiger partial charge in [-0.25, -0.2) is 8.42 Å². The van der Waals surface area contributed by atoms with Crippen LogP contribution in [0.4, 0.5) is 5.69 Å². The highest BCUT2D eigenvalue weighted by Crippen LogP contribution is 2.22. The van der Waals surface area contributed by atoms with Crippen molar-refractivity contribution in [1.82, 2.24) is 19.4 Å². The van der Waals surface area contributed by atoms with Gasteiger partial charge >= 0.3 is 0 Å². The number of hydrogen-bond acceptors (Lipinski definition) is 6. The summed E-state index contributed by atoms with van der Waals surface area (Å²) >= 11 is 0. The maximum atomic E-state index is 13.0. The van der Waals surface area contributed by atoms with Crippen molar-refractivity contribution in [2.45, 2.75) is 69.2 Å².